The number of carbonyl (C=O) groups excluding carboxylic acids is 2. The van der Waals surface area contributed by atoms with Gasteiger partial charge in [0.1, 0.15) is 11.9 Å². The highest BCUT2D eigenvalue weighted by atomic mass is 32.2. The first-order valence-corrected chi connectivity index (χ1v) is 11.6. The summed E-state index contributed by atoms with van der Waals surface area (Å²) in [5, 5.41) is -0.0679. The van der Waals surface area contributed by atoms with Gasteiger partial charge in [-0.15, -0.1) is 11.8 Å². The summed E-state index contributed by atoms with van der Waals surface area (Å²) in [6, 6.07) is 5.54. The van der Waals surface area contributed by atoms with Gasteiger partial charge in [0.2, 0.25) is 11.8 Å². The SMILES string of the molecule is CCCCCC(c1ccc(F)cc1)C(C(N)=O)N1C(=O)C(CC)(CC)C1SC. The lowest BCUT2D eigenvalue weighted by molar-refractivity contribution is -0.173. The fourth-order valence-electron chi connectivity index (χ4n) is 4.54. The Kier molecular flexibility index (Phi) is 7.93. The lowest BCUT2D eigenvalue weighted by Gasteiger charge is -2.58. The van der Waals surface area contributed by atoms with Gasteiger partial charge in [-0.3, -0.25) is 9.59 Å². The fourth-order valence-corrected chi connectivity index (χ4v) is 5.88. The molecule has 0 aliphatic carbocycles. The van der Waals surface area contributed by atoms with Crippen molar-refractivity contribution >= 4 is 23.6 Å². The molecule has 6 heteroatoms. The molecule has 2 rings (SSSR count). The molecule has 4 nitrogen and oxygen atoms in total. The van der Waals surface area contributed by atoms with Crippen molar-refractivity contribution in [1.29, 1.82) is 0 Å². The molecule has 0 spiro atoms. The van der Waals surface area contributed by atoms with Gasteiger partial charge in [0.05, 0.1) is 10.8 Å². The van der Waals surface area contributed by atoms with E-state index in [1.54, 1.807) is 28.8 Å². The Labute approximate surface area is 172 Å². The molecule has 1 aliphatic rings. The van der Waals surface area contributed by atoms with Crippen molar-refractivity contribution in [1.82, 2.24) is 4.90 Å². The minimum absolute atomic E-state index is 0.0169. The van der Waals surface area contributed by atoms with Gasteiger partial charge >= 0.3 is 0 Å². The van der Waals surface area contributed by atoms with Crippen LogP contribution in [0.4, 0.5) is 4.39 Å². The number of nitrogens with two attached hydrogens (primary N) is 1. The summed E-state index contributed by atoms with van der Waals surface area (Å²) < 4.78 is 13.5. The van der Waals surface area contributed by atoms with Crippen molar-refractivity contribution < 1.29 is 14.0 Å². The first kappa shape index (κ1) is 22.7. The molecule has 0 saturated carbocycles. The number of hydrogen-bond acceptors (Lipinski definition) is 3. The number of rotatable bonds is 11. The predicted molar refractivity (Wildman–Crippen MR) is 113 cm³/mol. The first-order chi connectivity index (χ1) is 13.4. The van der Waals surface area contributed by atoms with Gasteiger partial charge in [-0.1, -0.05) is 52.2 Å². The van der Waals surface area contributed by atoms with E-state index in [4.69, 9.17) is 5.73 Å². The molecule has 2 N–H and O–H groups in total. The monoisotopic (exact) mass is 408 g/mol. The van der Waals surface area contributed by atoms with E-state index in [1.807, 2.05) is 20.1 Å². The van der Waals surface area contributed by atoms with E-state index >= 15 is 0 Å². The van der Waals surface area contributed by atoms with Crippen molar-refractivity contribution in [2.45, 2.75) is 76.6 Å². The van der Waals surface area contributed by atoms with Crippen LogP contribution in [0.15, 0.2) is 24.3 Å². The molecule has 1 aromatic rings. The predicted octanol–water partition coefficient (Wildman–Crippen LogP) is 4.68. The van der Waals surface area contributed by atoms with Crippen molar-refractivity contribution in [3.05, 3.63) is 35.6 Å². The second-order valence-electron chi connectivity index (χ2n) is 7.66. The Hall–Kier alpha value is -1.56. The molecule has 3 unspecified atom stereocenters. The van der Waals surface area contributed by atoms with Crippen LogP contribution < -0.4 is 5.73 Å². The minimum atomic E-state index is -0.710. The van der Waals surface area contributed by atoms with Crippen molar-refractivity contribution in [2.75, 3.05) is 6.26 Å². The number of benzene rings is 1. The summed E-state index contributed by atoms with van der Waals surface area (Å²) in [6.45, 7) is 6.18. The van der Waals surface area contributed by atoms with Gasteiger partial charge in [-0.2, -0.15) is 0 Å². The highest BCUT2D eigenvalue weighted by Crippen LogP contribution is 2.52. The fraction of sp³-hybridized carbons (Fsp3) is 0.636. The van der Waals surface area contributed by atoms with Gasteiger partial charge in [0.25, 0.3) is 0 Å². The average Bonchev–Trinajstić information content (AvgIpc) is 2.68. The van der Waals surface area contributed by atoms with Crippen molar-refractivity contribution in [3.63, 3.8) is 0 Å². The number of thioether (sulfide) groups is 1. The Bertz CT molecular complexity index is 676. The zero-order chi connectivity index (χ0) is 20.9. The van der Waals surface area contributed by atoms with E-state index in [0.29, 0.717) is 0 Å². The Morgan fingerprint density at radius 2 is 1.82 bits per heavy atom. The number of likely N-dealkylation sites (tertiary alicyclic amines) is 1. The molecule has 0 radical (unpaired) electrons. The van der Waals surface area contributed by atoms with Crippen molar-refractivity contribution in [2.24, 2.45) is 11.1 Å². The van der Waals surface area contributed by atoms with E-state index in [-0.39, 0.29) is 23.0 Å². The number of hydrogen-bond donors (Lipinski definition) is 1. The average molecular weight is 409 g/mol. The van der Waals surface area contributed by atoms with Crippen LogP contribution in [0.1, 0.15) is 70.8 Å². The topological polar surface area (TPSA) is 63.4 Å². The maximum Gasteiger partial charge on any atom is 0.240 e. The molecule has 28 heavy (non-hydrogen) atoms. The molecule has 3 atom stereocenters. The normalized spacial score (nSPS) is 20.5. The molecule has 0 bridgehead atoms. The highest BCUT2D eigenvalue weighted by molar-refractivity contribution is 7.99. The summed E-state index contributed by atoms with van der Waals surface area (Å²) >= 11 is 1.61. The molecule has 1 aromatic carbocycles. The molecule has 156 valence electrons. The molecule has 1 saturated heterocycles. The number of nitrogens with zero attached hydrogens (tertiary/aromatic N) is 1. The smallest absolute Gasteiger partial charge is 0.240 e. The summed E-state index contributed by atoms with van der Waals surface area (Å²) in [7, 11) is 0. The third-order valence-corrected chi connectivity index (χ3v) is 7.38. The minimum Gasteiger partial charge on any atom is -0.368 e. The van der Waals surface area contributed by atoms with Crippen LogP contribution in [0, 0.1) is 11.2 Å². The van der Waals surface area contributed by atoms with Crippen LogP contribution >= 0.6 is 11.8 Å². The Balaban J connectivity index is 2.42. The molecule has 1 fully saturated rings. The van der Waals surface area contributed by atoms with Crippen LogP contribution in [0.25, 0.3) is 0 Å². The number of unbranched alkanes of at least 4 members (excludes halogenated alkanes) is 2. The summed E-state index contributed by atoms with van der Waals surface area (Å²) in [4.78, 5) is 27.5. The summed E-state index contributed by atoms with van der Waals surface area (Å²) in [5.74, 6) is -1.01. The van der Waals surface area contributed by atoms with Crippen molar-refractivity contribution in [3.8, 4) is 0 Å². The third kappa shape index (κ3) is 4.07. The second kappa shape index (κ2) is 9.77. The maximum atomic E-state index is 13.5. The second-order valence-corrected chi connectivity index (χ2v) is 8.58. The highest BCUT2D eigenvalue weighted by Gasteiger charge is 2.61. The van der Waals surface area contributed by atoms with Gasteiger partial charge in [-0.05, 0) is 43.2 Å². The molecule has 0 aromatic heterocycles. The largest absolute Gasteiger partial charge is 0.368 e. The van der Waals surface area contributed by atoms with Crippen LogP contribution in [0.5, 0.6) is 0 Å². The zero-order valence-electron chi connectivity index (χ0n) is 17.4. The van der Waals surface area contributed by atoms with Crippen LogP contribution in [0.3, 0.4) is 0 Å². The lowest BCUT2D eigenvalue weighted by Crippen LogP contribution is -2.72. The van der Waals surface area contributed by atoms with Gasteiger partial charge < -0.3 is 10.6 Å². The standard InChI is InChI=1S/C22H33FN2O2S/c1-5-8-9-10-17(15-11-13-16(23)14-12-15)18(19(24)26)25-20(27)22(6-2,7-3)21(25)28-4/h11-14,17-18,21H,5-10H2,1-4H3,(H2,24,26). The van der Waals surface area contributed by atoms with E-state index in [1.165, 1.54) is 12.1 Å². The zero-order valence-corrected chi connectivity index (χ0v) is 18.2. The number of β-lactam (4-membered cyclic amide) rings is 1. The van der Waals surface area contributed by atoms with Gasteiger partial charge in [-0.25, -0.2) is 4.39 Å². The number of amides is 2. The molecule has 2 amide bonds. The van der Waals surface area contributed by atoms with Crippen LogP contribution in [-0.4, -0.2) is 34.4 Å². The Morgan fingerprint density at radius 3 is 2.29 bits per heavy atom. The molecule has 1 aliphatic heterocycles. The van der Waals surface area contributed by atoms with E-state index < -0.39 is 17.4 Å². The maximum absolute atomic E-state index is 13.5. The van der Waals surface area contributed by atoms with E-state index in [2.05, 4.69) is 6.92 Å². The summed E-state index contributed by atoms with van der Waals surface area (Å²) in [6.07, 6.45) is 7.23. The number of primary amides is 1. The summed E-state index contributed by atoms with van der Waals surface area (Å²) in [5.41, 5.74) is 6.29. The van der Waals surface area contributed by atoms with E-state index in [0.717, 1.165) is 44.1 Å². The number of carbonyl (C=O) groups is 2. The van der Waals surface area contributed by atoms with Crippen LogP contribution in [0.2, 0.25) is 0 Å². The number of halogens is 1. The van der Waals surface area contributed by atoms with Gasteiger partial charge in [0.15, 0.2) is 0 Å². The first-order valence-electron chi connectivity index (χ1n) is 10.3. The van der Waals surface area contributed by atoms with E-state index in [9.17, 15) is 14.0 Å². The molecular formula is C22H33FN2O2S. The van der Waals surface area contributed by atoms with Crippen LogP contribution in [-0.2, 0) is 9.59 Å². The van der Waals surface area contributed by atoms with Gasteiger partial charge in [0, 0.05) is 5.92 Å². The lowest BCUT2D eigenvalue weighted by atomic mass is 9.71. The third-order valence-electron chi connectivity index (χ3n) is 6.26. The molecule has 1 heterocycles. The quantitative estimate of drug-likeness (QED) is 0.427. The molecular weight excluding hydrogens is 375 g/mol. The Morgan fingerprint density at radius 1 is 1.21 bits per heavy atom.